The molecule has 2 nitrogen and oxygen atoms in total. The van der Waals surface area contributed by atoms with E-state index in [1.165, 1.54) is 12.1 Å². The van der Waals surface area contributed by atoms with Crippen molar-refractivity contribution in [2.45, 2.75) is 13.5 Å². The van der Waals surface area contributed by atoms with Crippen LogP contribution in [-0.2, 0) is 6.54 Å². The smallest absolute Gasteiger partial charge is 0.123 e. The highest BCUT2D eigenvalue weighted by molar-refractivity contribution is 5.54. The van der Waals surface area contributed by atoms with E-state index >= 15 is 0 Å². The van der Waals surface area contributed by atoms with Crippen LogP contribution < -0.4 is 5.32 Å². The summed E-state index contributed by atoms with van der Waals surface area (Å²) in [5.41, 5.74) is 3.68. The van der Waals surface area contributed by atoms with E-state index in [0.717, 1.165) is 16.8 Å². The molecule has 0 spiro atoms. The van der Waals surface area contributed by atoms with Crippen molar-refractivity contribution >= 4 is 5.69 Å². The van der Waals surface area contributed by atoms with Gasteiger partial charge in [-0.1, -0.05) is 12.1 Å². The van der Waals surface area contributed by atoms with Gasteiger partial charge in [0.2, 0.25) is 0 Å². The largest absolute Gasteiger partial charge is 0.381 e. The normalized spacial score (nSPS) is 9.83. The first-order valence-electron chi connectivity index (χ1n) is 5.68. The molecule has 0 radical (unpaired) electrons. The van der Waals surface area contributed by atoms with E-state index in [1.807, 2.05) is 19.1 Å². The Morgan fingerprint density at radius 3 is 2.50 bits per heavy atom. The number of nitriles is 1. The third-order valence-electron chi connectivity index (χ3n) is 2.75. The van der Waals surface area contributed by atoms with Gasteiger partial charge < -0.3 is 5.32 Å². The Hall–Kier alpha value is -2.34. The second-order valence-corrected chi connectivity index (χ2v) is 4.12. The lowest BCUT2D eigenvalue weighted by atomic mass is 10.1. The molecule has 0 atom stereocenters. The first kappa shape index (κ1) is 12.1. The molecule has 2 aromatic carbocycles. The van der Waals surface area contributed by atoms with Crippen molar-refractivity contribution in [3.05, 3.63) is 65.0 Å². The minimum atomic E-state index is -0.228. The van der Waals surface area contributed by atoms with E-state index in [2.05, 4.69) is 11.4 Å². The van der Waals surface area contributed by atoms with Crippen LogP contribution in [0.2, 0.25) is 0 Å². The minimum Gasteiger partial charge on any atom is -0.381 e. The average Bonchev–Trinajstić information content (AvgIpc) is 2.39. The van der Waals surface area contributed by atoms with Crippen molar-refractivity contribution < 1.29 is 4.39 Å². The predicted octanol–water partition coefficient (Wildman–Crippen LogP) is 3.62. The Bertz CT molecular complexity index is 582. The molecule has 90 valence electrons. The van der Waals surface area contributed by atoms with Crippen molar-refractivity contribution in [2.24, 2.45) is 0 Å². The van der Waals surface area contributed by atoms with Crippen molar-refractivity contribution in [2.75, 3.05) is 5.32 Å². The van der Waals surface area contributed by atoms with E-state index in [4.69, 9.17) is 5.26 Å². The lowest BCUT2D eigenvalue weighted by molar-refractivity contribution is 0.627. The fourth-order valence-electron chi connectivity index (χ4n) is 1.73. The summed E-state index contributed by atoms with van der Waals surface area (Å²) in [6.07, 6.45) is 0. The molecule has 18 heavy (non-hydrogen) atoms. The van der Waals surface area contributed by atoms with Crippen LogP contribution in [0.15, 0.2) is 42.5 Å². The van der Waals surface area contributed by atoms with Crippen molar-refractivity contribution in [3.8, 4) is 6.07 Å². The minimum absolute atomic E-state index is 0.228. The number of hydrogen-bond donors (Lipinski definition) is 1. The standard InChI is InChI=1S/C15H13FN2/c1-11-8-13(9-17)4-7-15(11)18-10-12-2-5-14(16)6-3-12/h2-8,18H,10H2,1H3. The predicted molar refractivity (Wildman–Crippen MR) is 69.6 cm³/mol. The van der Waals surface area contributed by atoms with E-state index < -0.39 is 0 Å². The fraction of sp³-hybridized carbons (Fsp3) is 0.133. The van der Waals surface area contributed by atoms with Crippen LogP contribution in [0, 0.1) is 24.1 Å². The lowest BCUT2D eigenvalue weighted by Gasteiger charge is -2.09. The van der Waals surface area contributed by atoms with E-state index in [9.17, 15) is 4.39 Å². The first-order chi connectivity index (χ1) is 8.69. The maximum absolute atomic E-state index is 12.7. The van der Waals surface area contributed by atoms with Gasteiger partial charge in [-0.3, -0.25) is 0 Å². The number of anilines is 1. The molecule has 0 aliphatic rings. The van der Waals surface area contributed by atoms with Crippen LogP contribution >= 0.6 is 0 Å². The third-order valence-corrected chi connectivity index (χ3v) is 2.75. The Morgan fingerprint density at radius 2 is 1.89 bits per heavy atom. The van der Waals surface area contributed by atoms with Gasteiger partial charge in [0.1, 0.15) is 5.82 Å². The average molecular weight is 240 g/mol. The molecule has 0 aliphatic heterocycles. The van der Waals surface area contributed by atoms with E-state index in [0.29, 0.717) is 12.1 Å². The van der Waals surface area contributed by atoms with Crippen LogP contribution in [0.25, 0.3) is 0 Å². The third kappa shape index (κ3) is 2.86. The number of nitrogens with one attached hydrogen (secondary N) is 1. The van der Waals surface area contributed by atoms with Gasteiger partial charge in [-0.2, -0.15) is 5.26 Å². The van der Waals surface area contributed by atoms with Gasteiger partial charge in [0.25, 0.3) is 0 Å². The van der Waals surface area contributed by atoms with Gasteiger partial charge in [-0.25, -0.2) is 4.39 Å². The molecule has 0 unspecified atom stereocenters. The molecule has 0 fully saturated rings. The fourth-order valence-corrected chi connectivity index (χ4v) is 1.73. The molecule has 0 saturated heterocycles. The van der Waals surface area contributed by atoms with Crippen molar-refractivity contribution in [3.63, 3.8) is 0 Å². The highest BCUT2D eigenvalue weighted by Gasteiger charge is 2.00. The molecule has 0 amide bonds. The van der Waals surface area contributed by atoms with Gasteiger partial charge in [0.15, 0.2) is 0 Å². The molecule has 0 aliphatic carbocycles. The monoisotopic (exact) mass is 240 g/mol. The number of halogens is 1. The number of benzene rings is 2. The summed E-state index contributed by atoms with van der Waals surface area (Å²) < 4.78 is 12.7. The SMILES string of the molecule is Cc1cc(C#N)ccc1NCc1ccc(F)cc1. The zero-order valence-electron chi connectivity index (χ0n) is 10.1. The zero-order valence-corrected chi connectivity index (χ0v) is 10.1. The highest BCUT2D eigenvalue weighted by Crippen LogP contribution is 2.17. The Balaban J connectivity index is 2.06. The summed E-state index contributed by atoms with van der Waals surface area (Å²) in [6.45, 7) is 2.58. The van der Waals surface area contributed by atoms with E-state index in [-0.39, 0.29) is 5.82 Å². The number of rotatable bonds is 3. The maximum atomic E-state index is 12.7. The van der Waals surface area contributed by atoms with Crippen LogP contribution in [0.3, 0.4) is 0 Å². The molecule has 0 aromatic heterocycles. The topological polar surface area (TPSA) is 35.8 Å². The summed E-state index contributed by atoms with van der Waals surface area (Å²) in [5, 5.41) is 12.0. The first-order valence-corrected chi connectivity index (χ1v) is 5.68. The summed E-state index contributed by atoms with van der Waals surface area (Å²) in [6, 6.07) is 14.0. The molecule has 0 heterocycles. The van der Waals surface area contributed by atoms with Gasteiger partial charge in [-0.15, -0.1) is 0 Å². The molecule has 0 bridgehead atoms. The molecular formula is C15H13FN2. The lowest BCUT2D eigenvalue weighted by Crippen LogP contribution is -2.01. The van der Waals surface area contributed by atoms with Gasteiger partial charge in [0.05, 0.1) is 11.6 Å². The maximum Gasteiger partial charge on any atom is 0.123 e. The summed E-state index contributed by atoms with van der Waals surface area (Å²) >= 11 is 0. The van der Waals surface area contributed by atoms with Crippen LogP contribution in [0.5, 0.6) is 0 Å². The van der Waals surface area contributed by atoms with Gasteiger partial charge in [-0.05, 0) is 48.4 Å². The molecule has 1 N–H and O–H groups in total. The van der Waals surface area contributed by atoms with Gasteiger partial charge >= 0.3 is 0 Å². The molecule has 3 heteroatoms. The Morgan fingerprint density at radius 1 is 1.17 bits per heavy atom. The number of nitrogens with zero attached hydrogens (tertiary/aromatic N) is 1. The summed E-state index contributed by atoms with van der Waals surface area (Å²) in [5.74, 6) is -0.228. The van der Waals surface area contributed by atoms with Crippen LogP contribution in [-0.4, -0.2) is 0 Å². The summed E-state index contributed by atoms with van der Waals surface area (Å²) in [7, 11) is 0. The van der Waals surface area contributed by atoms with Crippen LogP contribution in [0.4, 0.5) is 10.1 Å². The van der Waals surface area contributed by atoms with Crippen molar-refractivity contribution in [1.29, 1.82) is 5.26 Å². The Kier molecular flexibility index (Phi) is 3.59. The van der Waals surface area contributed by atoms with Gasteiger partial charge in [0, 0.05) is 12.2 Å². The molecular weight excluding hydrogens is 227 g/mol. The summed E-state index contributed by atoms with van der Waals surface area (Å²) in [4.78, 5) is 0. The highest BCUT2D eigenvalue weighted by atomic mass is 19.1. The number of hydrogen-bond acceptors (Lipinski definition) is 2. The second kappa shape index (κ2) is 5.33. The molecule has 2 aromatic rings. The number of aryl methyl sites for hydroxylation is 1. The molecule has 0 saturated carbocycles. The zero-order chi connectivity index (χ0) is 13.0. The second-order valence-electron chi connectivity index (χ2n) is 4.12. The van der Waals surface area contributed by atoms with Crippen molar-refractivity contribution in [1.82, 2.24) is 0 Å². The Labute approximate surface area is 106 Å². The van der Waals surface area contributed by atoms with E-state index in [1.54, 1.807) is 18.2 Å². The van der Waals surface area contributed by atoms with Crippen LogP contribution in [0.1, 0.15) is 16.7 Å². The molecule has 2 rings (SSSR count). The quantitative estimate of drug-likeness (QED) is 0.889.